The summed E-state index contributed by atoms with van der Waals surface area (Å²) in [5, 5.41) is 24.1. The maximum absolute atomic E-state index is 12.6. The van der Waals surface area contributed by atoms with E-state index in [0.29, 0.717) is 5.92 Å². The third-order valence-electron chi connectivity index (χ3n) is 6.72. The Labute approximate surface area is 157 Å². The number of ether oxygens (including phenoxy) is 1. The minimum atomic E-state index is -1.63. The van der Waals surface area contributed by atoms with Crippen LogP contribution in [0.25, 0.3) is 0 Å². The molecule has 4 rings (SSSR count). The molecule has 26 heavy (non-hydrogen) atoms. The SMILES string of the molecule is O=C1N[C@@]2([C@@H](O)C3=CC=CC4CCCCC34)C(=O)O[C@@]2(CO)[C@H]1CCCl. The van der Waals surface area contributed by atoms with Gasteiger partial charge in [-0.2, -0.15) is 0 Å². The van der Waals surface area contributed by atoms with Gasteiger partial charge in [0.1, 0.15) is 6.10 Å². The highest BCUT2D eigenvalue weighted by molar-refractivity contribution is 6.18. The number of rotatable bonds is 5. The smallest absolute Gasteiger partial charge is 0.340 e. The van der Waals surface area contributed by atoms with Crippen molar-refractivity contribution >= 4 is 23.5 Å². The number of carbonyl (C=O) groups excluding carboxylic acids is 2. The molecule has 1 saturated carbocycles. The van der Waals surface area contributed by atoms with Gasteiger partial charge in [0, 0.05) is 5.88 Å². The third-order valence-corrected chi connectivity index (χ3v) is 6.94. The van der Waals surface area contributed by atoms with Crippen LogP contribution in [0.5, 0.6) is 0 Å². The maximum atomic E-state index is 12.6. The summed E-state index contributed by atoms with van der Waals surface area (Å²) in [4.78, 5) is 25.1. The zero-order valence-corrected chi connectivity index (χ0v) is 15.2. The molecule has 0 aromatic heterocycles. The summed E-state index contributed by atoms with van der Waals surface area (Å²) >= 11 is 5.82. The molecule has 7 heteroatoms. The molecule has 0 spiro atoms. The van der Waals surface area contributed by atoms with E-state index in [1.165, 1.54) is 0 Å². The number of hydrogen-bond donors (Lipinski definition) is 3. The number of esters is 1. The number of nitrogens with one attached hydrogen (secondary N) is 1. The minimum Gasteiger partial charge on any atom is -0.450 e. The zero-order valence-electron chi connectivity index (χ0n) is 14.5. The van der Waals surface area contributed by atoms with Gasteiger partial charge < -0.3 is 20.3 Å². The Balaban J connectivity index is 1.73. The van der Waals surface area contributed by atoms with Gasteiger partial charge in [0.05, 0.1) is 12.5 Å². The molecular weight excluding hydrogens is 358 g/mol. The summed E-state index contributed by atoms with van der Waals surface area (Å²) in [6.07, 6.45) is 9.17. The second kappa shape index (κ2) is 6.36. The molecule has 6 nitrogen and oxygen atoms in total. The van der Waals surface area contributed by atoms with Gasteiger partial charge in [0.15, 0.2) is 5.60 Å². The number of aliphatic hydroxyl groups is 2. The van der Waals surface area contributed by atoms with Gasteiger partial charge in [-0.1, -0.05) is 31.1 Å². The van der Waals surface area contributed by atoms with Crippen LogP contribution >= 0.6 is 11.6 Å². The fraction of sp³-hybridized carbons (Fsp3) is 0.684. The molecule has 142 valence electrons. The quantitative estimate of drug-likeness (QED) is 0.488. The van der Waals surface area contributed by atoms with Crippen LogP contribution in [-0.2, 0) is 14.3 Å². The number of halogens is 1. The number of amides is 1. The first kappa shape index (κ1) is 18.0. The third kappa shape index (κ3) is 2.12. The number of alkyl halides is 1. The molecule has 2 aliphatic carbocycles. The topological polar surface area (TPSA) is 95.9 Å². The van der Waals surface area contributed by atoms with Crippen LogP contribution in [0.4, 0.5) is 0 Å². The summed E-state index contributed by atoms with van der Waals surface area (Å²) < 4.78 is 5.35. The van der Waals surface area contributed by atoms with Gasteiger partial charge >= 0.3 is 5.97 Å². The Morgan fingerprint density at radius 3 is 2.81 bits per heavy atom. The second-order valence-corrected chi connectivity index (χ2v) is 8.15. The van der Waals surface area contributed by atoms with Crippen molar-refractivity contribution in [1.82, 2.24) is 5.32 Å². The van der Waals surface area contributed by atoms with Gasteiger partial charge in [-0.15, -0.1) is 11.6 Å². The highest BCUT2D eigenvalue weighted by Crippen LogP contribution is 2.54. The van der Waals surface area contributed by atoms with E-state index < -0.39 is 41.6 Å². The van der Waals surface area contributed by atoms with E-state index in [-0.39, 0.29) is 18.2 Å². The summed E-state index contributed by atoms with van der Waals surface area (Å²) in [6, 6.07) is 0. The molecule has 3 fully saturated rings. The Morgan fingerprint density at radius 1 is 1.35 bits per heavy atom. The molecule has 2 saturated heterocycles. The molecule has 2 aliphatic heterocycles. The molecule has 2 unspecified atom stereocenters. The average molecular weight is 382 g/mol. The maximum Gasteiger partial charge on any atom is 0.340 e. The van der Waals surface area contributed by atoms with Crippen molar-refractivity contribution < 1.29 is 24.5 Å². The van der Waals surface area contributed by atoms with E-state index in [0.717, 1.165) is 31.3 Å². The van der Waals surface area contributed by atoms with Gasteiger partial charge in [0.25, 0.3) is 0 Å². The van der Waals surface area contributed by atoms with Crippen LogP contribution in [0, 0.1) is 17.8 Å². The van der Waals surface area contributed by atoms with Crippen molar-refractivity contribution in [2.24, 2.45) is 17.8 Å². The monoisotopic (exact) mass is 381 g/mol. The molecule has 0 radical (unpaired) electrons. The highest BCUT2D eigenvalue weighted by atomic mass is 35.5. The Bertz CT molecular complexity index is 691. The number of carbonyl (C=O) groups is 2. The fourth-order valence-corrected chi connectivity index (χ4v) is 5.60. The molecule has 6 atom stereocenters. The molecule has 4 aliphatic rings. The van der Waals surface area contributed by atoms with Gasteiger partial charge in [0.2, 0.25) is 11.4 Å². The van der Waals surface area contributed by atoms with Crippen molar-refractivity contribution in [2.45, 2.75) is 49.3 Å². The van der Waals surface area contributed by atoms with E-state index in [9.17, 15) is 19.8 Å². The number of allylic oxidation sites excluding steroid dienone is 3. The van der Waals surface area contributed by atoms with Crippen molar-refractivity contribution in [1.29, 1.82) is 0 Å². The summed E-state index contributed by atoms with van der Waals surface area (Å²) in [6.45, 7) is -0.534. The van der Waals surface area contributed by atoms with Gasteiger partial charge in [-0.25, -0.2) is 4.79 Å². The summed E-state index contributed by atoms with van der Waals surface area (Å²) in [7, 11) is 0. The summed E-state index contributed by atoms with van der Waals surface area (Å²) in [5.74, 6) is -1.18. The number of aliphatic hydroxyl groups excluding tert-OH is 2. The average Bonchev–Trinajstić information content (AvgIpc) is 2.86. The lowest BCUT2D eigenvalue weighted by Crippen LogP contribution is -2.82. The van der Waals surface area contributed by atoms with Crippen molar-refractivity contribution in [2.75, 3.05) is 12.5 Å². The van der Waals surface area contributed by atoms with Crippen molar-refractivity contribution in [3.05, 3.63) is 23.8 Å². The van der Waals surface area contributed by atoms with E-state index in [1.54, 1.807) is 0 Å². The Kier molecular flexibility index (Phi) is 4.40. The van der Waals surface area contributed by atoms with Crippen LogP contribution < -0.4 is 5.32 Å². The molecule has 0 bridgehead atoms. The van der Waals surface area contributed by atoms with E-state index >= 15 is 0 Å². The largest absolute Gasteiger partial charge is 0.450 e. The normalized spacial score (nSPS) is 42.1. The molecular formula is C19H24ClNO5. The first-order chi connectivity index (χ1) is 12.5. The van der Waals surface area contributed by atoms with E-state index in [2.05, 4.69) is 11.4 Å². The van der Waals surface area contributed by atoms with Crippen LogP contribution in [0.2, 0.25) is 0 Å². The fourth-order valence-electron chi connectivity index (χ4n) is 5.38. The van der Waals surface area contributed by atoms with Crippen molar-refractivity contribution in [3.8, 4) is 0 Å². The molecule has 1 amide bonds. The first-order valence-electron chi connectivity index (χ1n) is 9.30. The van der Waals surface area contributed by atoms with Crippen LogP contribution in [-0.4, -0.2) is 51.8 Å². The van der Waals surface area contributed by atoms with Crippen LogP contribution in [0.15, 0.2) is 23.8 Å². The Hall–Kier alpha value is -1.37. The lowest BCUT2D eigenvalue weighted by Gasteiger charge is -2.55. The molecule has 0 aromatic rings. The van der Waals surface area contributed by atoms with E-state index in [1.807, 2.05) is 12.2 Å². The molecule has 2 heterocycles. The summed E-state index contributed by atoms with van der Waals surface area (Å²) in [5.41, 5.74) is -2.34. The minimum absolute atomic E-state index is 0.145. The van der Waals surface area contributed by atoms with Crippen molar-refractivity contribution in [3.63, 3.8) is 0 Å². The molecule has 0 aromatic carbocycles. The lowest BCUT2D eigenvalue weighted by atomic mass is 9.62. The number of fused-ring (bicyclic) bond motifs is 2. The lowest BCUT2D eigenvalue weighted by molar-refractivity contribution is -0.246. The first-order valence-corrected chi connectivity index (χ1v) is 9.84. The molecule has 3 N–H and O–H groups in total. The zero-order chi connectivity index (χ0) is 18.5. The highest BCUT2D eigenvalue weighted by Gasteiger charge is 2.81. The van der Waals surface area contributed by atoms with Crippen LogP contribution in [0.1, 0.15) is 32.1 Å². The predicted octanol–water partition coefficient (Wildman–Crippen LogP) is 1.05. The second-order valence-electron chi connectivity index (χ2n) is 7.77. The predicted molar refractivity (Wildman–Crippen MR) is 94.3 cm³/mol. The standard InChI is InChI=1S/C19H24ClNO5/c20-9-8-14-16(24)21-19(17(25)26-18(14,19)10-22)15(23)13-7-3-5-11-4-1-2-6-12(11)13/h3,5,7,11-12,14-15,22-23H,1-2,4,6,8-10H2,(H,21,24)/t11?,12?,14-,15-,18-,19-/m0/s1. The van der Waals surface area contributed by atoms with E-state index in [4.69, 9.17) is 16.3 Å². The number of hydrogen-bond acceptors (Lipinski definition) is 5. The van der Waals surface area contributed by atoms with Gasteiger partial charge in [-0.3, -0.25) is 4.79 Å². The van der Waals surface area contributed by atoms with Gasteiger partial charge in [-0.05, 0) is 36.7 Å². The van der Waals surface area contributed by atoms with Crippen LogP contribution in [0.3, 0.4) is 0 Å². The Morgan fingerprint density at radius 2 is 2.12 bits per heavy atom.